The van der Waals surface area contributed by atoms with Crippen molar-refractivity contribution in [1.82, 2.24) is 4.98 Å². The molecule has 0 radical (unpaired) electrons. The van der Waals surface area contributed by atoms with E-state index in [0.29, 0.717) is 23.8 Å². The van der Waals surface area contributed by atoms with Gasteiger partial charge >= 0.3 is 0 Å². The van der Waals surface area contributed by atoms with Gasteiger partial charge in [0.2, 0.25) is 0 Å². The summed E-state index contributed by atoms with van der Waals surface area (Å²) >= 11 is 0. The molecule has 7 heteroatoms. The van der Waals surface area contributed by atoms with E-state index in [0.717, 1.165) is 11.1 Å². The van der Waals surface area contributed by atoms with Crippen molar-refractivity contribution >= 4 is 5.91 Å². The molecule has 3 aromatic rings. The van der Waals surface area contributed by atoms with Gasteiger partial charge in [-0.05, 0) is 80.1 Å². The molecule has 1 saturated heterocycles. The lowest BCUT2D eigenvalue weighted by atomic mass is 10.0. The Morgan fingerprint density at radius 2 is 1.73 bits per heavy atom. The topological polar surface area (TPSA) is 83.7 Å². The van der Waals surface area contributed by atoms with Crippen LogP contribution in [0.2, 0.25) is 0 Å². The summed E-state index contributed by atoms with van der Waals surface area (Å²) in [4.78, 5) is 16.2. The molecule has 1 fully saturated rings. The largest absolute Gasteiger partial charge is 0.457 e. The fourth-order valence-electron chi connectivity index (χ4n) is 3.20. The Bertz CT molecular complexity index is 1070. The number of carbonyl (C=O) groups excluding carboxylic acids is 1. The summed E-state index contributed by atoms with van der Waals surface area (Å²) in [5.41, 5.74) is 7.77. The first-order chi connectivity index (χ1) is 14.3. The summed E-state index contributed by atoms with van der Waals surface area (Å²) in [6.07, 6.45) is -0.319. The molecule has 1 aliphatic heterocycles. The van der Waals surface area contributed by atoms with Gasteiger partial charge in [-0.1, -0.05) is 0 Å². The van der Waals surface area contributed by atoms with Gasteiger partial charge in [0.15, 0.2) is 5.79 Å². The molecule has 1 aliphatic rings. The zero-order valence-corrected chi connectivity index (χ0v) is 16.6. The summed E-state index contributed by atoms with van der Waals surface area (Å²) in [7, 11) is 0. The highest BCUT2D eigenvalue weighted by atomic mass is 19.1. The number of pyridine rings is 1. The van der Waals surface area contributed by atoms with E-state index < -0.39 is 11.7 Å². The number of primary amides is 1. The summed E-state index contributed by atoms with van der Waals surface area (Å²) in [6.45, 7) is 4.05. The van der Waals surface area contributed by atoms with Gasteiger partial charge in [0.25, 0.3) is 5.91 Å². The number of ether oxygens (including phenoxy) is 3. The van der Waals surface area contributed by atoms with E-state index in [1.54, 1.807) is 30.3 Å². The van der Waals surface area contributed by atoms with E-state index in [9.17, 15) is 9.18 Å². The molecule has 0 aliphatic carbocycles. The average molecular weight is 408 g/mol. The van der Waals surface area contributed by atoms with Crippen molar-refractivity contribution in [2.45, 2.75) is 25.7 Å². The maximum Gasteiger partial charge on any atom is 0.267 e. The van der Waals surface area contributed by atoms with Gasteiger partial charge in [-0.15, -0.1) is 0 Å². The number of nitrogens with two attached hydrogens (primary N) is 1. The molecule has 0 spiro atoms. The van der Waals surface area contributed by atoms with Crippen LogP contribution in [0.5, 0.6) is 11.5 Å². The molecular weight excluding hydrogens is 387 g/mol. The normalized spacial score (nSPS) is 17.6. The minimum absolute atomic E-state index is 0.155. The Kier molecular flexibility index (Phi) is 5.24. The molecule has 0 unspecified atom stereocenters. The van der Waals surface area contributed by atoms with Crippen molar-refractivity contribution in [1.29, 1.82) is 0 Å². The quantitative estimate of drug-likeness (QED) is 0.667. The molecule has 1 atom stereocenters. The van der Waals surface area contributed by atoms with Gasteiger partial charge in [-0.25, -0.2) is 9.37 Å². The fourth-order valence-corrected chi connectivity index (χ4v) is 3.20. The smallest absolute Gasteiger partial charge is 0.267 e. The Labute approximate surface area is 173 Å². The fraction of sp³-hybridized carbons (Fsp3) is 0.217. The van der Waals surface area contributed by atoms with Crippen LogP contribution in [0.25, 0.3) is 11.3 Å². The van der Waals surface area contributed by atoms with E-state index in [2.05, 4.69) is 4.98 Å². The number of halogens is 1. The number of carbonyl (C=O) groups is 1. The zero-order chi connectivity index (χ0) is 21.3. The SMILES string of the molecule is CC1(C)OC[C@H](c2cc(C(N)=O)nc(-c3ccc(Oc4ccc(F)cc4)cc3)c2)O1. The third-order valence-electron chi connectivity index (χ3n) is 4.68. The highest BCUT2D eigenvalue weighted by molar-refractivity contribution is 5.91. The average Bonchev–Trinajstić information content (AvgIpc) is 3.10. The minimum atomic E-state index is -0.694. The maximum atomic E-state index is 13.0. The summed E-state index contributed by atoms with van der Waals surface area (Å²) in [6, 6.07) is 16.5. The molecule has 30 heavy (non-hydrogen) atoms. The number of amides is 1. The standard InChI is InChI=1S/C23H21FN2O4/c1-23(2)28-13-21(30-23)15-11-19(26-20(12-15)22(25)27)14-3-7-17(8-4-14)29-18-9-5-16(24)6-10-18/h3-12,21H,13H2,1-2H3,(H2,25,27)/t21-/m1/s1. The number of aromatic nitrogens is 1. The second-order valence-electron chi connectivity index (χ2n) is 7.43. The molecule has 154 valence electrons. The predicted molar refractivity (Wildman–Crippen MR) is 109 cm³/mol. The first-order valence-electron chi connectivity index (χ1n) is 9.46. The first kappa shape index (κ1) is 20.0. The van der Waals surface area contributed by atoms with Crippen LogP contribution in [-0.2, 0) is 9.47 Å². The lowest BCUT2D eigenvalue weighted by molar-refractivity contribution is -0.139. The Balaban J connectivity index is 1.61. The molecule has 2 N–H and O–H groups in total. The molecule has 1 aromatic heterocycles. The molecule has 4 rings (SSSR count). The summed E-state index contributed by atoms with van der Waals surface area (Å²) < 4.78 is 30.3. The Morgan fingerprint density at radius 1 is 1.10 bits per heavy atom. The maximum absolute atomic E-state index is 13.0. The Morgan fingerprint density at radius 3 is 2.30 bits per heavy atom. The summed E-state index contributed by atoms with van der Waals surface area (Å²) in [5.74, 6) is -0.519. The van der Waals surface area contributed by atoms with E-state index in [1.807, 2.05) is 32.0 Å². The monoisotopic (exact) mass is 408 g/mol. The van der Waals surface area contributed by atoms with Crippen LogP contribution in [-0.4, -0.2) is 23.3 Å². The number of nitrogens with zero attached hydrogens (tertiary/aromatic N) is 1. The van der Waals surface area contributed by atoms with Crippen LogP contribution in [0.15, 0.2) is 60.7 Å². The van der Waals surface area contributed by atoms with Gasteiger partial charge in [0.05, 0.1) is 12.3 Å². The zero-order valence-electron chi connectivity index (χ0n) is 16.6. The molecule has 2 aromatic carbocycles. The Hall–Kier alpha value is -3.29. The highest BCUT2D eigenvalue weighted by Crippen LogP contribution is 2.34. The van der Waals surface area contributed by atoms with Gasteiger partial charge in [-0.2, -0.15) is 0 Å². The molecule has 6 nitrogen and oxygen atoms in total. The van der Waals surface area contributed by atoms with Gasteiger partial charge < -0.3 is 19.9 Å². The van der Waals surface area contributed by atoms with Crippen molar-refractivity contribution in [2.75, 3.05) is 6.61 Å². The number of benzene rings is 2. The first-order valence-corrected chi connectivity index (χ1v) is 9.46. The van der Waals surface area contributed by atoms with Gasteiger partial charge in [0.1, 0.15) is 29.1 Å². The van der Waals surface area contributed by atoms with Crippen LogP contribution in [0.4, 0.5) is 4.39 Å². The van der Waals surface area contributed by atoms with Crippen LogP contribution < -0.4 is 10.5 Å². The van der Waals surface area contributed by atoms with E-state index >= 15 is 0 Å². The lowest BCUT2D eigenvalue weighted by Gasteiger charge is -2.18. The van der Waals surface area contributed by atoms with Crippen LogP contribution in [0.1, 0.15) is 36.0 Å². The van der Waals surface area contributed by atoms with Crippen molar-refractivity contribution < 1.29 is 23.4 Å². The van der Waals surface area contributed by atoms with Crippen LogP contribution in [0, 0.1) is 5.82 Å². The van der Waals surface area contributed by atoms with Crippen molar-refractivity contribution in [3.8, 4) is 22.8 Å². The number of hydrogen-bond acceptors (Lipinski definition) is 5. The van der Waals surface area contributed by atoms with Gasteiger partial charge in [-0.3, -0.25) is 4.79 Å². The van der Waals surface area contributed by atoms with Crippen LogP contribution >= 0.6 is 0 Å². The third-order valence-corrected chi connectivity index (χ3v) is 4.68. The molecular formula is C23H21FN2O4. The molecule has 0 bridgehead atoms. The van der Waals surface area contributed by atoms with E-state index in [-0.39, 0.29) is 17.6 Å². The second kappa shape index (κ2) is 7.85. The lowest BCUT2D eigenvalue weighted by Crippen LogP contribution is -2.20. The van der Waals surface area contributed by atoms with Crippen LogP contribution in [0.3, 0.4) is 0 Å². The second-order valence-corrected chi connectivity index (χ2v) is 7.43. The van der Waals surface area contributed by atoms with Crippen molar-refractivity contribution in [3.63, 3.8) is 0 Å². The molecule has 0 saturated carbocycles. The third kappa shape index (κ3) is 4.48. The minimum Gasteiger partial charge on any atom is -0.457 e. The molecule has 1 amide bonds. The number of rotatable bonds is 5. The molecule has 2 heterocycles. The van der Waals surface area contributed by atoms with Crippen molar-refractivity contribution in [3.05, 3.63) is 77.7 Å². The van der Waals surface area contributed by atoms with E-state index in [1.165, 1.54) is 12.1 Å². The van der Waals surface area contributed by atoms with Gasteiger partial charge in [0, 0.05) is 5.56 Å². The van der Waals surface area contributed by atoms with E-state index in [4.69, 9.17) is 19.9 Å². The highest BCUT2D eigenvalue weighted by Gasteiger charge is 2.34. The predicted octanol–water partition coefficient (Wildman–Crippen LogP) is 4.60. The summed E-state index contributed by atoms with van der Waals surface area (Å²) in [5, 5.41) is 0. The van der Waals surface area contributed by atoms with Crippen molar-refractivity contribution in [2.24, 2.45) is 5.73 Å². The number of hydrogen-bond donors (Lipinski definition) is 1.